The van der Waals surface area contributed by atoms with Crippen LogP contribution in [0.15, 0.2) is 54.7 Å². The van der Waals surface area contributed by atoms with E-state index in [9.17, 15) is 0 Å². The average molecular weight is 422 g/mol. The molecule has 1 fully saturated rings. The Kier molecular flexibility index (Phi) is 5.29. The zero-order valence-corrected chi connectivity index (χ0v) is 17.6. The Bertz CT molecular complexity index is 1050. The fraction of sp³-hybridized carbons (Fsp3) is 0.304. The van der Waals surface area contributed by atoms with Gasteiger partial charge in [0, 0.05) is 25.2 Å². The van der Waals surface area contributed by atoms with Crippen molar-refractivity contribution in [2.45, 2.75) is 25.4 Å². The van der Waals surface area contributed by atoms with Crippen molar-refractivity contribution < 1.29 is 4.84 Å². The third-order valence-electron chi connectivity index (χ3n) is 5.69. The number of halogens is 1. The number of likely N-dealkylation sites (N-methyl/N-ethyl adjacent to an activating group) is 1. The minimum Gasteiger partial charge on any atom is -0.324 e. The van der Waals surface area contributed by atoms with Crippen molar-refractivity contribution in [1.82, 2.24) is 14.9 Å². The van der Waals surface area contributed by atoms with Crippen LogP contribution in [-0.2, 0) is 17.8 Å². The minimum absolute atomic E-state index is 0.0748. The molecule has 7 heteroatoms. The first kappa shape index (κ1) is 19.3. The summed E-state index contributed by atoms with van der Waals surface area (Å²) in [6.45, 7) is 2.68. The molecular weight excluding hydrogens is 398 g/mol. The van der Waals surface area contributed by atoms with E-state index >= 15 is 0 Å². The van der Waals surface area contributed by atoms with Crippen LogP contribution < -0.4 is 10.4 Å². The smallest absolute Gasteiger partial charge is 0.229 e. The van der Waals surface area contributed by atoms with Gasteiger partial charge in [-0.3, -0.25) is 4.84 Å². The number of anilines is 3. The summed E-state index contributed by atoms with van der Waals surface area (Å²) in [6.07, 6.45) is 3.59. The van der Waals surface area contributed by atoms with E-state index in [0.29, 0.717) is 23.4 Å². The van der Waals surface area contributed by atoms with E-state index in [1.807, 2.05) is 23.3 Å². The highest BCUT2D eigenvalue weighted by atomic mass is 35.5. The monoisotopic (exact) mass is 421 g/mol. The number of nitrogens with one attached hydrogen (secondary N) is 1. The molecule has 154 valence electrons. The molecule has 1 saturated heterocycles. The van der Waals surface area contributed by atoms with Crippen LogP contribution in [0.25, 0.3) is 0 Å². The minimum atomic E-state index is 0.0748. The molecule has 0 amide bonds. The second kappa shape index (κ2) is 8.22. The quantitative estimate of drug-likeness (QED) is 0.656. The van der Waals surface area contributed by atoms with Crippen LogP contribution in [0.2, 0.25) is 5.02 Å². The van der Waals surface area contributed by atoms with Crippen molar-refractivity contribution in [3.63, 3.8) is 0 Å². The highest BCUT2D eigenvalue weighted by molar-refractivity contribution is 6.32. The Morgan fingerprint density at radius 2 is 2.00 bits per heavy atom. The molecule has 1 atom stereocenters. The fourth-order valence-electron chi connectivity index (χ4n) is 4.13. The van der Waals surface area contributed by atoms with Gasteiger partial charge in [-0.1, -0.05) is 48.0 Å². The molecular formula is C23H24ClN5O. The molecule has 0 saturated carbocycles. The molecule has 2 aliphatic rings. The number of nitrogens with zero attached hydrogens (tertiary/aromatic N) is 4. The van der Waals surface area contributed by atoms with E-state index in [4.69, 9.17) is 16.4 Å². The van der Waals surface area contributed by atoms with Gasteiger partial charge in [0.2, 0.25) is 5.95 Å². The summed E-state index contributed by atoms with van der Waals surface area (Å²) in [7, 11) is 2.15. The summed E-state index contributed by atoms with van der Waals surface area (Å²) < 4.78 is 0. The van der Waals surface area contributed by atoms with Crippen molar-refractivity contribution in [2.24, 2.45) is 0 Å². The Morgan fingerprint density at radius 3 is 2.87 bits per heavy atom. The SMILES string of the molecule is CN1CCc2ccc(Nc3ncc(Cl)c(N4OCCC4c4ccccc4)n3)cc2C1. The lowest BCUT2D eigenvalue weighted by molar-refractivity contribution is 0.157. The number of rotatable bonds is 4. The van der Waals surface area contributed by atoms with Crippen molar-refractivity contribution in [3.05, 3.63) is 76.4 Å². The average Bonchev–Trinajstić information content (AvgIpc) is 3.25. The summed E-state index contributed by atoms with van der Waals surface area (Å²) in [4.78, 5) is 17.3. The molecule has 2 aromatic carbocycles. The molecule has 0 aliphatic carbocycles. The van der Waals surface area contributed by atoms with Gasteiger partial charge in [0.25, 0.3) is 0 Å². The maximum absolute atomic E-state index is 6.46. The van der Waals surface area contributed by atoms with Crippen molar-refractivity contribution in [2.75, 3.05) is 30.6 Å². The lowest BCUT2D eigenvalue weighted by atomic mass is 9.99. The van der Waals surface area contributed by atoms with E-state index in [-0.39, 0.29) is 6.04 Å². The second-order valence-corrected chi connectivity index (χ2v) is 8.24. The fourth-order valence-corrected chi connectivity index (χ4v) is 4.31. The van der Waals surface area contributed by atoms with E-state index in [2.05, 4.69) is 57.6 Å². The van der Waals surface area contributed by atoms with Crippen molar-refractivity contribution in [3.8, 4) is 0 Å². The van der Waals surface area contributed by atoms with Gasteiger partial charge < -0.3 is 10.2 Å². The van der Waals surface area contributed by atoms with Crippen LogP contribution in [0.4, 0.5) is 17.5 Å². The van der Waals surface area contributed by atoms with Gasteiger partial charge in [-0.05, 0) is 42.3 Å². The largest absolute Gasteiger partial charge is 0.324 e. The number of hydrogen-bond acceptors (Lipinski definition) is 6. The molecule has 0 radical (unpaired) electrons. The van der Waals surface area contributed by atoms with E-state index in [0.717, 1.165) is 31.6 Å². The molecule has 1 unspecified atom stereocenters. The normalized spacial score (nSPS) is 19.0. The molecule has 5 rings (SSSR count). The molecule has 30 heavy (non-hydrogen) atoms. The Hall–Kier alpha value is -2.67. The maximum Gasteiger partial charge on any atom is 0.229 e. The summed E-state index contributed by atoms with van der Waals surface area (Å²) in [5, 5.41) is 5.61. The third kappa shape index (κ3) is 3.86. The predicted molar refractivity (Wildman–Crippen MR) is 119 cm³/mol. The van der Waals surface area contributed by atoms with Crippen LogP contribution in [0.1, 0.15) is 29.2 Å². The van der Waals surface area contributed by atoms with Gasteiger partial charge in [-0.2, -0.15) is 4.98 Å². The van der Waals surface area contributed by atoms with Crippen LogP contribution in [0.3, 0.4) is 0 Å². The highest BCUT2D eigenvalue weighted by Gasteiger charge is 2.30. The lowest BCUT2D eigenvalue weighted by Gasteiger charge is -2.26. The van der Waals surface area contributed by atoms with Gasteiger partial charge in [0.1, 0.15) is 5.02 Å². The summed E-state index contributed by atoms with van der Waals surface area (Å²) in [5.74, 6) is 1.08. The second-order valence-electron chi connectivity index (χ2n) is 7.84. The molecule has 6 nitrogen and oxygen atoms in total. The van der Waals surface area contributed by atoms with Gasteiger partial charge in [0.15, 0.2) is 5.82 Å². The van der Waals surface area contributed by atoms with Crippen LogP contribution in [0.5, 0.6) is 0 Å². The number of benzene rings is 2. The maximum atomic E-state index is 6.46. The zero-order chi connectivity index (χ0) is 20.5. The zero-order valence-electron chi connectivity index (χ0n) is 16.9. The number of hydrogen-bond donors (Lipinski definition) is 1. The van der Waals surface area contributed by atoms with Gasteiger partial charge in [0.05, 0.1) is 18.8 Å². The van der Waals surface area contributed by atoms with Crippen molar-refractivity contribution >= 4 is 29.1 Å². The van der Waals surface area contributed by atoms with Crippen LogP contribution in [0, 0.1) is 0 Å². The first-order chi connectivity index (χ1) is 14.7. The molecule has 0 spiro atoms. The Labute approximate surface area is 181 Å². The standard InChI is InChI=1S/C23H24ClN5O/c1-28-11-9-16-7-8-19(13-18(16)15-28)26-23-25-14-20(24)22(27-23)29-21(10-12-30-29)17-5-3-2-4-6-17/h2-8,13-14,21H,9-12,15H2,1H3,(H,25,26,27). The Morgan fingerprint density at radius 1 is 1.13 bits per heavy atom. The molecule has 0 bridgehead atoms. The van der Waals surface area contributed by atoms with Crippen molar-refractivity contribution in [1.29, 1.82) is 0 Å². The first-order valence-electron chi connectivity index (χ1n) is 10.2. The van der Waals surface area contributed by atoms with Crippen LogP contribution in [-0.4, -0.2) is 35.1 Å². The molecule has 3 aromatic rings. The lowest BCUT2D eigenvalue weighted by Crippen LogP contribution is -2.26. The molecule has 1 N–H and O–H groups in total. The Balaban J connectivity index is 1.41. The number of hydroxylamine groups is 1. The van der Waals surface area contributed by atoms with Gasteiger partial charge >= 0.3 is 0 Å². The van der Waals surface area contributed by atoms with E-state index < -0.39 is 0 Å². The van der Waals surface area contributed by atoms with Crippen LogP contribution >= 0.6 is 11.6 Å². The highest BCUT2D eigenvalue weighted by Crippen LogP contribution is 2.37. The molecule has 2 aliphatic heterocycles. The molecule has 1 aromatic heterocycles. The number of fused-ring (bicyclic) bond motifs is 1. The third-order valence-corrected chi connectivity index (χ3v) is 5.96. The van der Waals surface area contributed by atoms with E-state index in [1.54, 1.807) is 6.20 Å². The molecule has 3 heterocycles. The topological polar surface area (TPSA) is 53.5 Å². The number of aromatic nitrogens is 2. The first-order valence-corrected chi connectivity index (χ1v) is 10.6. The van der Waals surface area contributed by atoms with E-state index in [1.165, 1.54) is 16.7 Å². The van der Waals surface area contributed by atoms with Gasteiger partial charge in [-0.25, -0.2) is 10.0 Å². The summed E-state index contributed by atoms with van der Waals surface area (Å²) >= 11 is 6.46. The summed E-state index contributed by atoms with van der Waals surface area (Å²) in [6, 6.07) is 16.8. The van der Waals surface area contributed by atoms with Gasteiger partial charge in [-0.15, -0.1) is 0 Å². The predicted octanol–water partition coefficient (Wildman–Crippen LogP) is 4.74. The summed E-state index contributed by atoms with van der Waals surface area (Å²) in [5.41, 5.74) is 4.90.